The van der Waals surface area contributed by atoms with Crippen molar-refractivity contribution in [3.63, 3.8) is 0 Å². The van der Waals surface area contributed by atoms with Crippen LogP contribution in [0.1, 0.15) is 12.5 Å². The Morgan fingerprint density at radius 3 is 2.75 bits per heavy atom. The van der Waals surface area contributed by atoms with E-state index >= 15 is 0 Å². The van der Waals surface area contributed by atoms with Gasteiger partial charge in [-0.25, -0.2) is 9.98 Å². The third kappa shape index (κ3) is 1.71. The lowest BCUT2D eigenvalue weighted by Gasteiger charge is -2.02. The van der Waals surface area contributed by atoms with Crippen LogP contribution >= 0.6 is 11.6 Å². The molecule has 0 atom stereocenters. The molecule has 0 aromatic carbocycles. The summed E-state index contributed by atoms with van der Waals surface area (Å²) < 4.78 is 0. The molecule has 62 valence electrons. The molecule has 0 unspecified atom stereocenters. The van der Waals surface area contributed by atoms with Gasteiger partial charge >= 0.3 is 0 Å². The molecule has 0 spiro atoms. The van der Waals surface area contributed by atoms with Crippen LogP contribution in [0.3, 0.4) is 0 Å². The molecule has 1 heterocycles. The van der Waals surface area contributed by atoms with Crippen molar-refractivity contribution in [1.82, 2.24) is 4.98 Å². The highest BCUT2D eigenvalue weighted by atomic mass is 35.5. The SMILES string of the molecule is C=Nc1nc(Cl)ccc1C(=C)C. The molecule has 0 saturated carbocycles. The van der Waals surface area contributed by atoms with Gasteiger partial charge in [0.25, 0.3) is 0 Å². The second kappa shape index (κ2) is 3.50. The van der Waals surface area contributed by atoms with E-state index in [1.807, 2.05) is 13.0 Å². The number of hydrogen-bond donors (Lipinski definition) is 0. The number of halogens is 1. The normalized spacial score (nSPS) is 9.50. The maximum atomic E-state index is 5.67. The highest BCUT2D eigenvalue weighted by Crippen LogP contribution is 2.24. The average molecular weight is 181 g/mol. The van der Waals surface area contributed by atoms with E-state index in [2.05, 4.69) is 23.3 Å². The van der Waals surface area contributed by atoms with Crippen LogP contribution in [0.4, 0.5) is 5.82 Å². The first kappa shape index (κ1) is 8.94. The van der Waals surface area contributed by atoms with Crippen molar-refractivity contribution >= 4 is 29.7 Å². The molecule has 3 heteroatoms. The number of allylic oxidation sites excluding steroid dienone is 1. The Hall–Kier alpha value is -1.15. The van der Waals surface area contributed by atoms with Crippen LogP contribution in [-0.2, 0) is 0 Å². The number of hydrogen-bond acceptors (Lipinski definition) is 2. The fraction of sp³-hybridized carbons (Fsp3) is 0.111. The van der Waals surface area contributed by atoms with E-state index in [0.29, 0.717) is 11.0 Å². The number of nitrogens with zero attached hydrogens (tertiary/aromatic N) is 2. The summed E-state index contributed by atoms with van der Waals surface area (Å²) in [5.74, 6) is 0.537. The molecule has 12 heavy (non-hydrogen) atoms. The monoisotopic (exact) mass is 180 g/mol. The van der Waals surface area contributed by atoms with Crippen molar-refractivity contribution in [2.45, 2.75) is 6.92 Å². The van der Waals surface area contributed by atoms with Gasteiger partial charge in [-0.15, -0.1) is 0 Å². The number of aliphatic imine (C=N–C) groups is 1. The summed E-state index contributed by atoms with van der Waals surface area (Å²) in [6.07, 6.45) is 0. The lowest BCUT2D eigenvalue weighted by atomic mass is 10.1. The summed E-state index contributed by atoms with van der Waals surface area (Å²) in [5, 5.41) is 0.419. The summed E-state index contributed by atoms with van der Waals surface area (Å²) in [6, 6.07) is 3.54. The van der Waals surface area contributed by atoms with Crippen molar-refractivity contribution in [1.29, 1.82) is 0 Å². The van der Waals surface area contributed by atoms with E-state index in [0.717, 1.165) is 11.1 Å². The zero-order chi connectivity index (χ0) is 9.14. The predicted octanol–water partition coefficient (Wildman–Crippen LogP) is 3.10. The van der Waals surface area contributed by atoms with Crippen LogP contribution in [0.15, 0.2) is 23.7 Å². The van der Waals surface area contributed by atoms with Gasteiger partial charge in [0, 0.05) is 5.56 Å². The molecule has 1 aromatic rings. The number of aromatic nitrogens is 1. The third-order valence-corrected chi connectivity index (χ3v) is 1.66. The third-order valence-electron chi connectivity index (χ3n) is 1.45. The molecule has 0 aliphatic heterocycles. The largest absolute Gasteiger partial charge is 0.245 e. The molecule has 0 amide bonds. The molecule has 0 bridgehead atoms. The average Bonchev–Trinajstić information content (AvgIpc) is 2.03. The number of rotatable bonds is 2. The topological polar surface area (TPSA) is 25.2 Å². The van der Waals surface area contributed by atoms with Crippen molar-refractivity contribution in [2.24, 2.45) is 4.99 Å². The van der Waals surface area contributed by atoms with Crippen LogP contribution in [0, 0.1) is 0 Å². The molecule has 0 aliphatic rings. The quantitative estimate of drug-likeness (QED) is 0.507. The van der Waals surface area contributed by atoms with Gasteiger partial charge in [-0.05, 0) is 31.3 Å². The highest BCUT2D eigenvalue weighted by molar-refractivity contribution is 6.29. The van der Waals surface area contributed by atoms with Gasteiger partial charge in [-0.2, -0.15) is 0 Å². The highest BCUT2D eigenvalue weighted by Gasteiger charge is 2.02. The minimum absolute atomic E-state index is 0.419. The predicted molar refractivity (Wildman–Crippen MR) is 53.2 cm³/mol. The van der Waals surface area contributed by atoms with Crippen LogP contribution in [0.25, 0.3) is 5.57 Å². The Morgan fingerprint density at radius 2 is 2.25 bits per heavy atom. The fourth-order valence-electron chi connectivity index (χ4n) is 0.879. The minimum Gasteiger partial charge on any atom is -0.245 e. The Balaban J connectivity index is 3.29. The Labute approximate surface area is 76.6 Å². The van der Waals surface area contributed by atoms with E-state index < -0.39 is 0 Å². The Kier molecular flexibility index (Phi) is 2.61. The molecule has 0 aliphatic carbocycles. The van der Waals surface area contributed by atoms with Crippen molar-refractivity contribution in [3.8, 4) is 0 Å². The second-order valence-electron chi connectivity index (χ2n) is 2.44. The molecule has 2 nitrogen and oxygen atoms in total. The van der Waals surface area contributed by atoms with Gasteiger partial charge in [-0.3, -0.25) is 0 Å². The van der Waals surface area contributed by atoms with Crippen molar-refractivity contribution in [2.75, 3.05) is 0 Å². The smallest absolute Gasteiger partial charge is 0.160 e. The zero-order valence-electron chi connectivity index (χ0n) is 6.84. The first-order chi connectivity index (χ1) is 5.65. The molecule has 0 radical (unpaired) electrons. The molecule has 0 fully saturated rings. The van der Waals surface area contributed by atoms with Gasteiger partial charge < -0.3 is 0 Å². The molecular weight excluding hydrogens is 172 g/mol. The number of pyridine rings is 1. The van der Waals surface area contributed by atoms with Gasteiger partial charge in [-0.1, -0.05) is 18.2 Å². The van der Waals surface area contributed by atoms with Gasteiger partial charge in [0.2, 0.25) is 0 Å². The first-order valence-electron chi connectivity index (χ1n) is 3.44. The van der Waals surface area contributed by atoms with Gasteiger partial charge in [0.1, 0.15) is 5.15 Å². The van der Waals surface area contributed by atoms with E-state index in [1.165, 1.54) is 0 Å². The summed E-state index contributed by atoms with van der Waals surface area (Å²) in [7, 11) is 0. The lowest BCUT2D eigenvalue weighted by Crippen LogP contribution is -1.83. The standard InChI is InChI=1S/C9H9ClN2/c1-6(2)7-4-5-8(10)12-9(7)11-3/h4-5H,1,3H2,2H3. The summed E-state index contributed by atoms with van der Waals surface area (Å²) in [6.45, 7) is 9.08. The summed E-state index contributed by atoms with van der Waals surface area (Å²) in [4.78, 5) is 7.73. The van der Waals surface area contributed by atoms with Gasteiger partial charge in [0.15, 0.2) is 5.82 Å². The van der Waals surface area contributed by atoms with E-state index in [4.69, 9.17) is 11.6 Å². The lowest BCUT2D eigenvalue weighted by molar-refractivity contribution is 1.26. The Bertz CT molecular complexity index is 331. The molecule has 1 rings (SSSR count). The van der Waals surface area contributed by atoms with Crippen LogP contribution < -0.4 is 0 Å². The maximum absolute atomic E-state index is 5.67. The molecule has 0 N–H and O–H groups in total. The summed E-state index contributed by atoms with van der Waals surface area (Å²) in [5.41, 5.74) is 1.79. The van der Waals surface area contributed by atoms with Crippen LogP contribution in [0.2, 0.25) is 5.15 Å². The van der Waals surface area contributed by atoms with Crippen LogP contribution in [0.5, 0.6) is 0 Å². The van der Waals surface area contributed by atoms with E-state index in [1.54, 1.807) is 6.07 Å². The van der Waals surface area contributed by atoms with Crippen molar-refractivity contribution < 1.29 is 0 Å². The summed E-state index contributed by atoms with van der Waals surface area (Å²) >= 11 is 5.67. The molecule has 1 aromatic heterocycles. The van der Waals surface area contributed by atoms with Crippen LogP contribution in [-0.4, -0.2) is 11.7 Å². The first-order valence-corrected chi connectivity index (χ1v) is 3.82. The molecular formula is C9H9ClN2. The van der Waals surface area contributed by atoms with E-state index in [-0.39, 0.29) is 0 Å². The molecule has 0 saturated heterocycles. The maximum Gasteiger partial charge on any atom is 0.160 e. The zero-order valence-corrected chi connectivity index (χ0v) is 7.60. The fourth-order valence-corrected chi connectivity index (χ4v) is 1.02. The Morgan fingerprint density at radius 1 is 1.58 bits per heavy atom. The second-order valence-corrected chi connectivity index (χ2v) is 2.83. The minimum atomic E-state index is 0.419. The van der Waals surface area contributed by atoms with E-state index in [9.17, 15) is 0 Å². The van der Waals surface area contributed by atoms with Gasteiger partial charge in [0.05, 0.1) is 0 Å². The van der Waals surface area contributed by atoms with Crippen molar-refractivity contribution in [3.05, 3.63) is 29.4 Å².